The Morgan fingerprint density at radius 3 is 2.35 bits per heavy atom. The Balaban J connectivity index is 0.00000264. The fourth-order valence-corrected chi connectivity index (χ4v) is 4.56. The zero-order valence-electron chi connectivity index (χ0n) is 13.3. The molecule has 1 unspecified atom stereocenters. The molecule has 130 valence electrons. The van der Waals surface area contributed by atoms with E-state index in [4.69, 9.17) is 5.73 Å². The van der Waals surface area contributed by atoms with Crippen molar-refractivity contribution >= 4 is 28.2 Å². The Morgan fingerprint density at radius 2 is 1.83 bits per heavy atom. The molecule has 23 heavy (non-hydrogen) atoms. The molecule has 0 radical (unpaired) electrons. The van der Waals surface area contributed by atoms with Gasteiger partial charge in [0.1, 0.15) is 0 Å². The molecular weight excluding hydrogens is 336 g/mol. The molecule has 0 spiro atoms. The van der Waals surface area contributed by atoms with Crippen LogP contribution in [0.2, 0.25) is 0 Å². The highest BCUT2D eigenvalue weighted by Gasteiger charge is 2.30. The minimum absolute atomic E-state index is 0. The van der Waals surface area contributed by atoms with Crippen LogP contribution in [0.1, 0.15) is 49.4 Å². The van der Waals surface area contributed by atoms with Crippen LogP contribution in [0, 0.1) is 0 Å². The zero-order chi connectivity index (χ0) is 16.2. The Hall–Kier alpha value is -1.11. The molecule has 0 bridgehead atoms. The lowest BCUT2D eigenvalue weighted by molar-refractivity contribution is 0.0952. The van der Waals surface area contributed by atoms with E-state index in [2.05, 4.69) is 5.32 Å². The predicted octanol–water partition coefficient (Wildman–Crippen LogP) is 2.29. The van der Waals surface area contributed by atoms with Gasteiger partial charge in [-0.2, -0.15) is 0 Å². The van der Waals surface area contributed by atoms with Gasteiger partial charge in [0, 0.05) is 18.2 Å². The monoisotopic (exact) mass is 360 g/mol. The second-order valence-corrected chi connectivity index (χ2v) is 8.23. The number of hydrogen-bond donors (Lipinski definition) is 2. The van der Waals surface area contributed by atoms with Crippen LogP contribution in [0.5, 0.6) is 0 Å². The average molecular weight is 361 g/mol. The summed E-state index contributed by atoms with van der Waals surface area (Å²) in [6.07, 6.45) is 4.14. The number of carbonyl (C=O) groups is 1. The molecule has 0 saturated heterocycles. The van der Waals surface area contributed by atoms with Crippen LogP contribution in [0.15, 0.2) is 29.2 Å². The average Bonchev–Trinajstić information content (AvgIpc) is 3.02. The molecule has 3 N–H and O–H groups in total. The van der Waals surface area contributed by atoms with Gasteiger partial charge in [0.05, 0.1) is 10.1 Å². The summed E-state index contributed by atoms with van der Waals surface area (Å²) in [6, 6.07) is 6.26. The molecule has 2 rings (SSSR count). The van der Waals surface area contributed by atoms with Crippen molar-refractivity contribution < 1.29 is 13.2 Å². The number of nitrogens with two attached hydrogens (primary N) is 1. The molecule has 7 heteroatoms. The van der Waals surface area contributed by atoms with Crippen molar-refractivity contribution in [2.45, 2.75) is 55.2 Å². The van der Waals surface area contributed by atoms with Crippen LogP contribution in [-0.4, -0.2) is 32.2 Å². The predicted molar refractivity (Wildman–Crippen MR) is 93.7 cm³/mol. The van der Waals surface area contributed by atoms with Crippen LogP contribution in [0.3, 0.4) is 0 Å². The highest BCUT2D eigenvalue weighted by molar-refractivity contribution is 7.92. The maximum Gasteiger partial charge on any atom is 0.251 e. The molecule has 1 atom stereocenters. The van der Waals surface area contributed by atoms with Crippen molar-refractivity contribution in [2.24, 2.45) is 5.73 Å². The van der Waals surface area contributed by atoms with E-state index in [1.165, 1.54) is 12.1 Å². The molecule has 1 fully saturated rings. The van der Waals surface area contributed by atoms with E-state index in [9.17, 15) is 13.2 Å². The second kappa shape index (κ2) is 8.66. The number of carbonyl (C=O) groups excluding carboxylic acids is 1. The smallest absolute Gasteiger partial charge is 0.251 e. The summed E-state index contributed by atoms with van der Waals surface area (Å²) in [7, 11) is -3.26. The summed E-state index contributed by atoms with van der Waals surface area (Å²) in [6.45, 7) is 2.40. The van der Waals surface area contributed by atoms with Crippen LogP contribution in [-0.2, 0) is 9.84 Å². The normalized spacial score (nSPS) is 16.6. The zero-order valence-corrected chi connectivity index (χ0v) is 15.0. The van der Waals surface area contributed by atoms with Gasteiger partial charge in [-0.3, -0.25) is 4.79 Å². The molecule has 0 aliphatic heterocycles. The van der Waals surface area contributed by atoms with Gasteiger partial charge in [-0.25, -0.2) is 8.42 Å². The number of amides is 1. The van der Waals surface area contributed by atoms with Gasteiger partial charge in [-0.05, 0) is 50.5 Å². The van der Waals surface area contributed by atoms with Crippen molar-refractivity contribution in [1.29, 1.82) is 0 Å². The van der Waals surface area contributed by atoms with Gasteiger partial charge >= 0.3 is 0 Å². The minimum Gasteiger partial charge on any atom is -0.352 e. The number of hydrogen-bond acceptors (Lipinski definition) is 4. The Labute approximate surface area is 144 Å². The second-order valence-electron chi connectivity index (χ2n) is 6.00. The Bertz CT molecular complexity index is 609. The molecule has 5 nitrogen and oxygen atoms in total. The first-order valence-electron chi connectivity index (χ1n) is 7.79. The molecular formula is C16H25ClN2O3S. The third-order valence-electron chi connectivity index (χ3n) is 4.07. The van der Waals surface area contributed by atoms with E-state index in [0.717, 1.165) is 25.7 Å². The van der Waals surface area contributed by atoms with Crippen LogP contribution in [0.4, 0.5) is 0 Å². The van der Waals surface area contributed by atoms with Gasteiger partial charge in [0.25, 0.3) is 5.91 Å². The maximum atomic E-state index is 12.4. The summed E-state index contributed by atoms with van der Waals surface area (Å²) in [5.74, 6) is -0.203. The summed E-state index contributed by atoms with van der Waals surface area (Å²) in [5.41, 5.74) is 6.09. The minimum atomic E-state index is -3.26. The number of rotatable bonds is 6. The van der Waals surface area contributed by atoms with Crippen LogP contribution in [0.25, 0.3) is 0 Å². The number of halogens is 1. The Kier molecular flexibility index (Phi) is 7.51. The summed E-state index contributed by atoms with van der Waals surface area (Å²) in [5, 5.41) is 2.51. The first-order valence-corrected chi connectivity index (χ1v) is 9.33. The highest BCUT2D eigenvalue weighted by Crippen LogP contribution is 2.29. The summed E-state index contributed by atoms with van der Waals surface area (Å²) >= 11 is 0. The SMILES string of the molecule is CC(N)CCNC(=O)c1ccc(S(=O)(=O)C2CCCC2)cc1.Cl. The fourth-order valence-electron chi connectivity index (χ4n) is 2.70. The number of sulfone groups is 1. The highest BCUT2D eigenvalue weighted by atomic mass is 35.5. The van der Waals surface area contributed by atoms with Crippen molar-refractivity contribution in [3.8, 4) is 0 Å². The number of benzene rings is 1. The van der Waals surface area contributed by atoms with Gasteiger partial charge in [0.15, 0.2) is 9.84 Å². The van der Waals surface area contributed by atoms with Crippen molar-refractivity contribution in [1.82, 2.24) is 5.32 Å². The van der Waals surface area contributed by atoms with E-state index in [-0.39, 0.29) is 29.6 Å². The van der Waals surface area contributed by atoms with Crippen LogP contribution >= 0.6 is 12.4 Å². The lowest BCUT2D eigenvalue weighted by atomic mass is 10.2. The lowest BCUT2D eigenvalue weighted by Crippen LogP contribution is -2.29. The molecule has 1 aliphatic rings. The van der Waals surface area contributed by atoms with E-state index in [1.807, 2.05) is 6.92 Å². The van der Waals surface area contributed by atoms with Gasteiger partial charge in [-0.15, -0.1) is 12.4 Å². The van der Waals surface area contributed by atoms with E-state index in [0.29, 0.717) is 23.4 Å². The summed E-state index contributed by atoms with van der Waals surface area (Å²) in [4.78, 5) is 12.3. The fraction of sp³-hybridized carbons (Fsp3) is 0.562. The topological polar surface area (TPSA) is 89.3 Å². The third-order valence-corrected chi connectivity index (χ3v) is 6.35. The number of nitrogens with one attached hydrogen (secondary N) is 1. The summed E-state index contributed by atoms with van der Waals surface area (Å²) < 4.78 is 24.9. The first-order chi connectivity index (χ1) is 10.4. The molecule has 0 heterocycles. The lowest BCUT2D eigenvalue weighted by Gasteiger charge is -2.12. The quantitative estimate of drug-likeness (QED) is 0.814. The van der Waals surface area contributed by atoms with Gasteiger partial charge in [0.2, 0.25) is 0 Å². The molecule has 1 amide bonds. The molecule has 0 aromatic heterocycles. The third kappa shape index (κ3) is 5.19. The van der Waals surface area contributed by atoms with E-state index >= 15 is 0 Å². The molecule has 1 aromatic carbocycles. The Morgan fingerprint density at radius 1 is 1.26 bits per heavy atom. The van der Waals surface area contributed by atoms with Crippen molar-refractivity contribution in [2.75, 3.05) is 6.54 Å². The van der Waals surface area contributed by atoms with Gasteiger partial charge in [-0.1, -0.05) is 12.8 Å². The van der Waals surface area contributed by atoms with E-state index < -0.39 is 9.84 Å². The molecule has 1 aliphatic carbocycles. The largest absolute Gasteiger partial charge is 0.352 e. The maximum absolute atomic E-state index is 12.4. The van der Waals surface area contributed by atoms with Gasteiger partial charge < -0.3 is 11.1 Å². The standard InChI is InChI=1S/C16H24N2O3S.ClH/c1-12(17)10-11-18-16(19)13-6-8-15(9-7-13)22(20,21)14-4-2-3-5-14;/h6-9,12,14H,2-5,10-11,17H2,1H3,(H,18,19);1H. The van der Waals surface area contributed by atoms with Crippen molar-refractivity contribution in [3.05, 3.63) is 29.8 Å². The van der Waals surface area contributed by atoms with Crippen molar-refractivity contribution in [3.63, 3.8) is 0 Å². The molecule has 1 aromatic rings. The molecule has 1 saturated carbocycles. The van der Waals surface area contributed by atoms with Crippen LogP contribution < -0.4 is 11.1 Å². The first kappa shape index (κ1) is 19.9. The van der Waals surface area contributed by atoms with E-state index in [1.54, 1.807) is 12.1 Å².